The number of nitrogens with zero attached hydrogens (tertiary/aromatic N) is 2. The second-order valence-corrected chi connectivity index (χ2v) is 3.47. The maximum atomic E-state index is 10.7. The second kappa shape index (κ2) is 2.59. The third kappa shape index (κ3) is 1.25. The standard InChI is InChI=1S/C8H9ClN2O/c1-11-7(5-2-3-5)4-6(10-11)8(9)12/h4-5H,2-3H2,1H3. The fourth-order valence-corrected chi connectivity index (χ4v) is 1.43. The summed E-state index contributed by atoms with van der Waals surface area (Å²) in [6, 6.07) is 1.78. The minimum absolute atomic E-state index is 0.362. The first-order valence-corrected chi connectivity index (χ1v) is 4.30. The van der Waals surface area contributed by atoms with E-state index < -0.39 is 5.24 Å². The van der Waals surface area contributed by atoms with E-state index in [-0.39, 0.29) is 0 Å². The van der Waals surface area contributed by atoms with Gasteiger partial charge in [-0.25, -0.2) is 0 Å². The van der Waals surface area contributed by atoms with E-state index in [4.69, 9.17) is 11.6 Å². The van der Waals surface area contributed by atoms with Gasteiger partial charge in [-0.05, 0) is 30.5 Å². The van der Waals surface area contributed by atoms with E-state index in [0.29, 0.717) is 11.6 Å². The van der Waals surface area contributed by atoms with Crippen LogP contribution in [0.3, 0.4) is 0 Å². The molecule has 1 fully saturated rings. The van der Waals surface area contributed by atoms with Crippen molar-refractivity contribution >= 4 is 16.8 Å². The molecule has 1 aromatic heterocycles. The average Bonchev–Trinajstić information content (AvgIpc) is 2.75. The molecule has 64 valence electrons. The van der Waals surface area contributed by atoms with Crippen molar-refractivity contribution in [2.24, 2.45) is 7.05 Å². The molecule has 4 heteroatoms. The summed E-state index contributed by atoms with van der Waals surface area (Å²) in [5.74, 6) is 0.604. The molecule has 3 nitrogen and oxygen atoms in total. The highest BCUT2D eigenvalue weighted by Gasteiger charge is 2.27. The lowest BCUT2D eigenvalue weighted by Gasteiger charge is -1.94. The summed E-state index contributed by atoms with van der Waals surface area (Å²) in [6.07, 6.45) is 2.41. The van der Waals surface area contributed by atoms with Gasteiger partial charge in [0.25, 0.3) is 5.24 Å². The number of aromatic nitrogens is 2. The van der Waals surface area contributed by atoms with Crippen LogP contribution in [-0.4, -0.2) is 15.0 Å². The highest BCUT2D eigenvalue weighted by molar-refractivity contribution is 6.67. The van der Waals surface area contributed by atoms with Crippen LogP contribution in [0.25, 0.3) is 0 Å². The molecule has 0 unspecified atom stereocenters. The summed E-state index contributed by atoms with van der Waals surface area (Å²) < 4.78 is 1.74. The predicted octanol–water partition coefficient (Wildman–Crippen LogP) is 1.68. The molecular weight excluding hydrogens is 176 g/mol. The Morgan fingerprint density at radius 2 is 2.42 bits per heavy atom. The molecule has 0 radical (unpaired) electrons. The van der Waals surface area contributed by atoms with E-state index in [2.05, 4.69) is 5.10 Å². The van der Waals surface area contributed by atoms with Crippen LogP contribution in [0.5, 0.6) is 0 Å². The molecule has 1 aliphatic carbocycles. The van der Waals surface area contributed by atoms with Crippen LogP contribution in [0.2, 0.25) is 0 Å². The van der Waals surface area contributed by atoms with Crippen LogP contribution in [-0.2, 0) is 7.05 Å². The van der Waals surface area contributed by atoms with Gasteiger partial charge in [0.2, 0.25) is 0 Å². The third-order valence-corrected chi connectivity index (χ3v) is 2.31. The molecule has 0 N–H and O–H groups in total. The van der Waals surface area contributed by atoms with Gasteiger partial charge in [0.1, 0.15) is 5.69 Å². The van der Waals surface area contributed by atoms with E-state index >= 15 is 0 Å². The zero-order chi connectivity index (χ0) is 8.72. The van der Waals surface area contributed by atoms with Crippen LogP contribution in [0.1, 0.15) is 34.9 Å². The van der Waals surface area contributed by atoms with Crippen LogP contribution in [0.15, 0.2) is 6.07 Å². The summed E-state index contributed by atoms with van der Waals surface area (Å²) in [5.41, 5.74) is 1.49. The maximum absolute atomic E-state index is 10.7. The van der Waals surface area contributed by atoms with Crippen LogP contribution in [0.4, 0.5) is 0 Å². The molecule has 12 heavy (non-hydrogen) atoms. The fourth-order valence-electron chi connectivity index (χ4n) is 1.34. The lowest BCUT2D eigenvalue weighted by Crippen LogP contribution is -1.97. The van der Waals surface area contributed by atoms with Crippen molar-refractivity contribution in [3.8, 4) is 0 Å². The van der Waals surface area contributed by atoms with Crippen LogP contribution in [0, 0.1) is 0 Å². The molecule has 1 aliphatic rings. The molecule has 1 heterocycles. The summed E-state index contributed by atoms with van der Waals surface area (Å²) in [7, 11) is 1.84. The van der Waals surface area contributed by atoms with Crippen molar-refractivity contribution < 1.29 is 4.79 Å². The van der Waals surface area contributed by atoms with Gasteiger partial charge in [-0.2, -0.15) is 5.10 Å². The van der Waals surface area contributed by atoms with E-state index in [1.807, 2.05) is 7.05 Å². The largest absolute Gasteiger partial charge is 0.274 e. The number of halogens is 1. The topological polar surface area (TPSA) is 34.9 Å². The molecule has 0 amide bonds. The highest BCUT2D eigenvalue weighted by atomic mass is 35.5. The molecule has 2 rings (SSSR count). The normalized spacial score (nSPS) is 16.5. The SMILES string of the molecule is Cn1nc(C(=O)Cl)cc1C1CC1. The summed E-state index contributed by atoms with van der Waals surface area (Å²) in [6.45, 7) is 0. The molecule has 0 bridgehead atoms. The lowest BCUT2D eigenvalue weighted by molar-refractivity contribution is 0.107. The Kier molecular flexibility index (Phi) is 1.68. The number of rotatable bonds is 2. The molecule has 0 aliphatic heterocycles. The first-order valence-electron chi connectivity index (χ1n) is 3.92. The van der Waals surface area contributed by atoms with E-state index in [0.717, 1.165) is 5.69 Å². The van der Waals surface area contributed by atoms with Crippen molar-refractivity contribution in [1.29, 1.82) is 0 Å². The maximum Gasteiger partial charge on any atom is 0.272 e. The zero-order valence-electron chi connectivity index (χ0n) is 6.75. The summed E-state index contributed by atoms with van der Waals surface area (Å²) in [4.78, 5) is 10.7. The van der Waals surface area contributed by atoms with E-state index in [1.54, 1.807) is 10.7 Å². The molecule has 1 saturated carbocycles. The molecular formula is C8H9ClN2O. The first kappa shape index (κ1) is 7.80. The van der Waals surface area contributed by atoms with Gasteiger partial charge in [0.15, 0.2) is 0 Å². The van der Waals surface area contributed by atoms with Crippen molar-refractivity contribution in [3.05, 3.63) is 17.5 Å². The first-order chi connectivity index (χ1) is 5.68. The third-order valence-electron chi connectivity index (χ3n) is 2.11. The number of aryl methyl sites for hydroxylation is 1. The van der Waals surface area contributed by atoms with Gasteiger partial charge < -0.3 is 0 Å². The quantitative estimate of drug-likeness (QED) is 0.656. The number of hydrogen-bond donors (Lipinski definition) is 0. The van der Waals surface area contributed by atoms with Crippen molar-refractivity contribution in [3.63, 3.8) is 0 Å². The average molecular weight is 185 g/mol. The molecule has 0 saturated heterocycles. The van der Waals surface area contributed by atoms with Crippen molar-refractivity contribution in [2.75, 3.05) is 0 Å². The Hall–Kier alpha value is -0.830. The Labute approximate surface area is 75.3 Å². The molecule has 0 spiro atoms. The van der Waals surface area contributed by atoms with Gasteiger partial charge in [0, 0.05) is 18.7 Å². The molecule has 1 aromatic rings. The fraction of sp³-hybridized carbons (Fsp3) is 0.500. The van der Waals surface area contributed by atoms with Gasteiger partial charge in [-0.15, -0.1) is 0 Å². The minimum Gasteiger partial charge on any atom is -0.274 e. The van der Waals surface area contributed by atoms with Crippen LogP contribution >= 0.6 is 11.6 Å². The van der Waals surface area contributed by atoms with Crippen molar-refractivity contribution in [2.45, 2.75) is 18.8 Å². The minimum atomic E-state index is -0.475. The Balaban J connectivity index is 2.36. The van der Waals surface area contributed by atoms with Crippen LogP contribution < -0.4 is 0 Å². The Morgan fingerprint density at radius 3 is 2.83 bits per heavy atom. The van der Waals surface area contributed by atoms with Gasteiger partial charge >= 0.3 is 0 Å². The lowest BCUT2D eigenvalue weighted by atomic mass is 10.3. The van der Waals surface area contributed by atoms with Gasteiger partial charge in [0.05, 0.1) is 0 Å². The van der Waals surface area contributed by atoms with Gasteiger partial charge in [-0.1, -0.05) is 0 Å². The Morgan fingerprint density at radius 1 is 1.75 bits per heavy atom. The number of carbonyl (C=O) groups excluding carboxylic acids is 1. The van der Waals surface area contributed by atoms with E-state index in [9.17, 15) is 4.79 Å². The number of hydrogen-bond acceptors (Lipinski definition) is 2. The molecule has 0 aromatic carbocycles. The Bertz CT molecular complexity index is 328. The highest BCUT2D eigenvalue weighted by Crippen LogP contribution is 2.39. The van der Waals surface area contributed by atoms with Gasteiger partial charge in [-0.3, -0.25) is 9.48 Å². The monoisotopic (exact) mass is 184 g/mol. The summed E-state index contributed by atoms with van der Waals surface area (Å²) in [5, 5.41) is 3.53. The smallest absolute Gasteiger partial charge is 0.272 e. The van der Waals surface area contributed by atoms with E-state index in [1.165, 1.54) is 12.8 Å². The number of carbonyl (C=O) groups is 1. The second-order valence-electron chi connectivity index (χ2n) is 3.13. The zero-order valence-corrected chi connectivity index (χ0v) is 7.51. The predicted molar refractivity (Wildman–Crippen MR) is 45.4 cm³/mol. The molecule has 0 atom stereocenters. The van der Waals surface area contributed by atoms with Crippen molar-refractivity contribution in [1.82, 2.24) is 9.78 Å². The summed E-state index contributed by atoms with van der Waals surface area (Å²) >= 11 is 5.30.